The molecule has 2 aromatic rings. The zero-order valence-electron chi connectivity index (χ0n) is 18.2. The van der Waals surface area contributed by atoms with Crippen LogP contribution >= 0.6 is 12.2 Å². The molecule has 3 rings (SSSR count). The molecule has 1 saturated carbocycles. The molecule has 0 saturated heterocycles. The van der Waals surface area contributed by atoms with Crippen molar-refractivity contribution in [3.8, 4) is 0 Å². The number of thiocarbonyl (C=S) groups is 1. The highest BCUT2D eigenvalue weighted by atomic mass is 32.1. The molecule has 1 aliphatic carbocycles. The highest BCUT2D eigenvalue weighted by Crippen LogP contribution is 2.20. The van der Waals surface area contributed by atoms with Crippen LogP contribution in [0.5, 0.6) is 0 Å². The van der Waals surface area contributed by atoms with Gasteiger partial charge in [0, 0.05) is 11.6 Å². The minimum atomic E-state index is -0.0212. The number of nitrogens with one attached hydrogen (secondary N) is 3. The van der Waals surface area contributed by atoms with Gasteiger partial charge in [0.15, 0.2) is 5.11 Å². The van der Waals surface area contributed by atoms with E-state index < -0.39 is 0 Å². The summed E-state index contributed by atoms with van der Waals surface area (Å²) >= 11 is 5.78. The summed E-state index contributed by atoms with van der Waals surface area (Å²) in [6.07, 6.45) is 6.23. The molecule has 0 aliphatic heterocycles. The second-order valence-corrected chi connectivity index (χ2v) is 9.22. The number of rotatable bonds is 6. The van der Waals surface area contributed by atoms with Crippen LogP contribution in [-0.2, 0) is 6.54 Å². The lowest BCUT2D eigenvalue weighted by molar-refractivity contribution is -0.857. The van der Waals surface area contributed by atoms with Crippen molar-refractivity contribution in [2.45, 2.75) is 58.5 Å². The maximum Gasteiger partial charge on any atom is 0.253 e. The van der Waals surface area contributed by atoms with Gasteiger partial charge in [-0.2, -0.15) is 0 Å². The SMILES string of the molecule is Cc1cc(C)c2[nH]c(=O)c(CN(CC[NH+](C)C)C(=S)NC3CCCCC3)cc2c1. The molecule has 1 aromatic carbocycles. The van der Waals surface area contributed by atoms with Crippen molar-refractivity contribution < 1.29 is 4.90 Å². The normalized spacial score (nSPS) is 15.1. The first-order valence-corrected chi connectivity index (χ1v) is 11.2. The van der Waals surface area contributed by atoms with Crippen LogP contribution in [0.25, 0.3) is 10.9 Å². The van der Waals surface area contributed by atoms with E-state index in [1.54, 1.807) is 0 Å². The largest absolute Gasteiger partial charge is 0.360 e. The van der Waals surface area contributed by atoms with E-state index in [0.29, 0.717) is 12.6 Å². The fraction of sp³-hybridized carbons (Fsp3) is 0.565. The third-order valence-corrected chi connectivity index (χ3v) is 6.21. The Morgan fingerprint density at radius 1 is 1.21 bits per heavy atom. The maximum absolute atomic E-state index is 12.8. The number of aromatic amines is 1. The smallest absolute Gasteiger partial charge is 0.253 e. The van der Waals surface area contributed by atoms with Gasteiger partial charge >= 0.3 is 0 Å². The van der Waals surface area contributed by atoms with Gasteiger partial charge in [0.2, 0.25) is 0 Å². The predicted molar refractivity (Wildman–Crippen MR) is 125 cm³/mol. The van der Waals surface area contributed by atoms with E-state index in [-0.39, 0.29) is 5.56 Å². The molecule has 0 atom stereocenters. The topological polar surface area (TPSA) is 52.6 Å². The van der Waals surface area contributed by atoms with Crippen molar-refractivity contribution in [3.63, 3.8) is 0 Å². The highest BCUT2D eigenvalue weighted by Gasteiger charge is 2.19. The summed E-state index contributed by atoms with van der Waals surface area (Å²) in [5, 5.41) is 5.43. The first-order valence-electron chi connectivity index (χ1n) is 10.8. The molecule has 0 radical (unpaired) electrons. The van der Waals surface area contributed by atoms with E-state index in [1.807, 2.05) is 13.0 Å². The van der Waals surface area contributed by atoms with Crippen molar-refractivity contribution in [3.05, 3.63) is 45.2 Å². The molecule has 3 N–H and O–H groups in total. The second-order valence-electron chi connectivity index (χ2n) is 8.83. The van der Waals surface area contributed by atoms with Gasteiger partial charge < -0.3 is 20.1 Å². The van der Waals surface area contributed by atoms with E-state index in [9.17, 15) is 4.79 Å². The highest BCUT2D eigenvalue weighted by molar-refractivity contribution is 7.80. The first kappa shape index (κ1) is 21.8. The van der Waals surface area contributed by atoms with E-state index in [2.05, 4.69) is 48.4 Å². The molecule has 0 bridgehead atoms. The fourth-order valence-electron chi connectivity index (χ4n) is 4.18. The number of H-pyrrole nitrogens is 1. The number of benzene rings is 1. The van der Waals surface area contributed by atoms with Crippen molar-refractivity contribution >= 4 is 28.2 Å². The molecule has 6 heteroatoms. The minimum absolute atomic E-state index is 0.0212. The average molecular weight is 416 g/mol. The Kier molecular flexibility index (Phi) is 7.30. The molecule has 1 fully saturated rings. The van der Waals surface area contributed by atoms with E-state index in [0.717, 1.165) is 40.2 Å². The van der Waals surface area contributed by atoms with Crippen LogP contribution in [0.4, 0.5) is 0 Å². The van der Waals surface area contributed by atoms with Gasteiger partial charge in [0.1, 0.15) is 0 Å². The first-order chi connectivity index (χ1) is 13.8. The van der Waals surface area contributed by atoms with E-state index >= 15 is 0 Å². The Morgan fingerprint density at radius 3 is 2.62 bits per heavy atom. The number of likely N-dealkylation sites (N-methyl/N-ethyl adjacent to an activating group) is 1. The number of hydrogen-bond acceptors (Lipinski definition) is 2. The molecule has 1 aliphatic rings. The molecule has 0 spiro atoms. The zero-order valence-corrected chi connectivity index (χ0v) is 19.0. The van der Waals surface area contributed by atoms with Crippen molar-refractivity contribution in [2.24, 2.45) is 0 Å². The van der Waals surface area contributed by atoms with Crippen molar-refractivity contribution in [1.29, 1.82) is 0 Å². The number of hydrogen-bond donors (Lipinski definition) is 3. The van der Waals surface area contributed by atoms with E-state index in [1.165, 1.54) is 42.6 Å². The summed E-state index contributed by atoms with van der Waals surface area (Å²) < 4.78 is 0. The lowest BCUT2D eigenvalue weighted by atomic mass is 9.96. The minimum Gasteiger partial charge on any atom is -0.360 e. The number of quaternary nitrogens is 1. The third-order valence-electron chi connectivity index (χ3n) is 5.83. The van der Waals surface area contributed by atoms with Gasteiger partial charge in [-0.1, -0.05) is 30.9 Å². The van der Waals surface area contributed by atoms with Crippen LogP contribution in [0.2, 0.25) is 0 Å². The third kappa shape index (κ3) is 5.80. The van der Waals surface area contributed by atoms with Crippen LogP contribution < -0.4 is 15.8 Å². The molecule has 29 heavy (non-hydrogen) atoms. The standard InChI is InChI=1S/C23H34N4OS/c1-16-12-17(2)21-18(13-16)14-19(22(28)25-21)15-27(11-10-26(3)4)23(29)24-20-8-6-5-7-9-20/h12-14,20H,5-11,15H2,1-4H3,(H,24,29)(H,25,28)/p+1. The van der Waals surface area contributed by atoms with Crippen LogP contribution in [0, 0.1) is 13.8 Å². The van der Waals surface area contributed by atoms with Gasteiger partial charge in [0.05, 0.1) is 39.2 Å². The monoisotopic (exact) mass is 415 g/mol. The molecular formula is C23H35N4OS+. The quantitative estimate of drug-likeness (QED) is 0.634. The van der Waals surface area contributed by atoms with Gasteiger partial charge in [-0.3, -0.25) is 4.79 Å². The average Bonchev–Trinajstić information content (AvgIpc) is 2.66. The van der Waals surface area contributed by atoms with Crippen LogP contribution in [0.15, 0.2) is 23.0 Å². The molecule has 158 valence electrons. The molecular weight excluding hydrogens is 380 g/mol. The molecule has 0 unspecified atom stereocenters. The Morgan fingerprint density at radius 2 is 1.93 bits per heavy atom. The molecule has 1 heterocycles. The molecule has 0 amide bonds. The van der Waals surface area contributed by atoms with Gasteiger partial charge in [-0.05, 0) is 62.0 Å². The maximum atomic E-state index is 12.8. The summed E-state index contributed by atoms with van der Waals surface area (Å²) in [4.78, 5) is 19.4. The summed E-state index contributed by atoms with van der Waals surface area (Å²) in [7, 11) is 4.29. The van der Waals surface area contributed by atoms with Gasteiger partial charge in [-0.15, -0.1) is 0 Å². The van der Waals surface area contributed by atoms with Crippen LogP contribution in [0.3, 0.4) is 0 Å². The number of aromatic nitrogens is 1. The van der Waals surface area contributed by atoms with Crippen molar-refractivity contribution in [2.75, 3.05) is 27.2 Å². The van der Waals surface area contributed by atoms with Crippen molar-refractivity contribution in [1.82, 2.24) is 15.2 Å². The Balaban J connectivity index is 1.83. The number of fused-ring (bicyclic) bond motifs is 1. The van der Waals surface area contributed by atoms with Gasteiger partial charge in [0.25, 0.3) is 5.56 Å². The number of nitrogens with zero attached hydrogens (tertiary/aromatic N) is 1. The lowest BCUT2D eigenvalue weighted by Crippen LogP contribution is -3.06. The second kappa shape index (κ2) is 9.72. The zero-order chi connectivity index (χ0) is 21.0. The summed E-state index contributed by atoms with van der Waals surface area (Å²) in [5.41, 5.74) is 3.98. The Hall–Kier alpha value is -1.92. The summed E-state index contributed by atoms with van der Waals surface area (Å²) in [6.45, 7) is 6.46. The summed E-state index contributed by atoms with van der Waals surface area (Å²) in [5.74, 6) is 0. The fourth-order valence-corrected chi connectivity index (χ4v) is 4.50. The number of aryl methyl sites for hydroxylation is 2. The lowest BCUT2D eigenvalue weighted by Gasteiger charge is -2.31. The summed E-state index contributed by atoms with van der Waals surface area (Å²) in [6, 6.07) is 6.74. The van der Waals surface area contributed by atoms with E-state index in [4.69, 9.17) is 12.2 Å². The Labute approximate surface area is 179 Å². The predicted octanol–water partition coefficient (Wildman–Crippen LogP) is 2.30. The molecule has 5 nitrogen and oxygen atoms in total. The Bertz CT molecular complexity index is 915. The number of pyridine rings is 1. The van der Waals surface area contributed by atoms with Crippen LogP contribution in [0.1, 0.15) is 48.8 Å². The molecule has 1 aromatic heterocycles. The van der Waals surface area contributed by atoms with Gasteiger partial charge in [-0.25, -0.2) is 0 Å². The van der Waals surface area contributed by atoms with Crippen LogP contribution in [-0.4, -0.2) is 48.2 Å².